The molecule has 0 aromatic heterocycles. The number of benzene rings is 1. The number of amides is 2. The van der Waals surface area contributed by atoms with Crippen LogP contribution in [0.3, 0.4) is 0 Å². The van der Waals surface area contributed by atoms with E-state index in [0.717, 1.165) is 32.4 Å². The lowest BCUT2D eigenvalue weighted by molar-refractivity contribution is -0.119. The van der Waals surface area contributed by atoms with Crippen LogP contribution in [0.1, 0.15) is 29.6 Å². The summed E-state index contributed by atoms with van der Waals surface area (Å²) in [4.78, 5) is 27.6. The number of aliphatic hydroxyl groups excluding tert-OH is 1. The SMILES string of the molecule is NC(=O)COc1cccc(C(=O)N2CCN(C3CCCC3O)CC2)c1. The molecular weight excluding hydrogens is 322 g/mol. The summed E-state index contributed by atoms with van der Waals surface area (Å²) in [6.45, 7) is 2.65. The molecule has 2 atom stereocenters. The third kappa shape index (κ3) is 4.29. The largest absolute Gasteiger partial charge is 0.484 e. The molecule has 3 rings (SSSR count). The van der Waals surface area contributed by atoms with Crippen LogP contribution in [0.5, 0.6) is 5.75 Å². The van der Waals surface area contributed by atoms with Crippen molar-refractivity contribution < 1.29 is 19.4 Å². The standard InChI is InChI=1S/C18H25N3O4/c19-17(23)12-25-14-4-1-3-13(11-14)18(24)21-9-7-20(8-10-21)15-5-2-6-16(15)22/h1,3-4,11,15-16,22H,2,5-10,12H2,(H2,19,23). The highest BCUT2D eigenvalue weighted by molar-refractivity contribution is 5.94. The number of carbonyl (C=O) groups excluding carboxylic acids is 2. The predicted octanol–water partition coefficient (Wildman–Crippen LogP) is 0.222. The number of nitrogens with zero attached hydrogens (tertiary/aromatic N) is 2. The number of piperazine rings is 1. The van der Waals surface area contributed by atoms with Crippen LogP contribution in [0.15, 0.2) is 24.3 Å². The van der Waals surface area contributed by atoms with Gasteiger partial charge >= 0.3 is 0 Å². The van der Waals surface area contributed by atoms with Crippen molar-refractivity contribution in [2.45, 2.75) is 31.4 Å². The number of aliphatic hydroxyl groups is 1. The normalized spacial score (nSPS) is 24.3. The van der Waals surface area contributed by atoms with Gasteiger partial charge in [0, 0.05) is 37.8 Å². The number of nitrogens with two attached hydrogens (primary N) is 1. The molecule has 1 aromatic rings. The Kier molecular flexibility index (Phi) is 5.55. The second-order valence-electron chi connectivity index (χ2n) is 6.68. The molecule has 2 aliphatic rings. The quantitative estimate of drug-likeness (QED) is 0.794. The van der Waals surface area contributed by atoms with E-state index in [2.05, 4.69) is 4.90 Å². The van der Waals surface area contributed by atoms with Crippen molar-refractivity contribution in [3.8, 4) is 5.75 Å². The molecule has 1 heterocycles. The van der Waals surface area contributed by atoms with Gasteiger partial charge in [0.15, 0.2) is 6.61 Å². The van der Waals surface area contributed by atoms with E-state index in [1.54, 1.807) is 24.3 Å². The Bertz CT molecular complexity index is 629. The van der Waals surface area contributed by atoms with E-state index >= 15 is 0 Å². The van der Waals surface area contributed by atoms with E-state index in [9.17, 15) is 14.7 Å². The molecule has 7 nitrogen and oxygen atoms in total. The van der Waals surface area contributed by atoms with Crippen molar-refractivity contribution >= 4 is 11.8 Å². The maximum atomic E-state index is 12.7. The van der Waals surface area contributed by atoms with Gasteiger partial charge in [-0.25, -0.2) is 0 Å². The minimum Gasteiger partial charge on any atom is -0.484 e. The number of hydrogen-bond acceptors (Lipinski definition) is 5. The average molecular weight is 347 g/mol. The minimum atomic E-state index is -0.554. The van der Waals surface area contributed by atoms with Gasteiger partial charge in [-0.1, -0.05) is 6.07 Å². The topological polar surface area (TPSA) is 96.1 Å². The van der Waals surface area contributed by atoms with Crippen molar-refractivity contribution in [1.82, 2.24) is 9.80 Å². The van der Waals surface area contributed by atoms with Crippen molar-refractivity contribution in [3.63, 3.8) is 0 Å². The van der Waals surface area contributed by atoms with Crippen LogP contribution in [-0.2, 0) is 4.79 Å². The number of hydrogen-bond donors (Lipinski definition) is 2. The lowest BCUT2D eigenvalue weighted by Gasteiger charge is -2.39. The Morgan fingerprint density at radius 1 is 1.20 bits per heavy atom. The van der Waals surface area contributed by atoms with Gasteiger partial charge < -0.3 is 20.5 Å². The number of primary amides is 1. The van der Waals surface area contributed by atoms with E-state index in [-0.39, 0.29) is 24.7 Å². The van der Waals surface area contributed by atoms with Gasteiger partial charge in [-0.15, -0.1) is 0 Å². The van der Waals surface area contributed by atoms with Gasteiger partial charge in [-0.2, -0.15) is 0 Å². The Labute approximate surface area is 147 Å². The predicted molar refractivity (Wildman–Crippen MR) is 92.3 cm³/mol. The molecule has 7 heteroatoms. The molecule has 0 spiro atoms. The number of rotatable bonds is 5. The highest BCUT2D eigenvalue weighted by atomic mass is 16.5. The molecule has 1 aromatic carbocycles. The molecule has 2 unspecified atom stereocenters. The summed E-state index contributed by atoms with van der Waals surface area (Å²) >= 11 is 0. The van der Waals surface area contributed by atoms with Gasteiger partial charge in [0.25, 0.3) is 11.8 Å². The van der Waals surface area contributed by atoms with Gasteiger partial charge in [-0.3, -0.25) is 14.5 Å². The zero-order valence-corrected chi connectivity index (χ0v) is 14.3. The first-order valence-corrected chi connectivity index (χ1v) is 8.77. The van der Waals surface area contributed by atoms with E-state index in [1.807, 2.05) is 4.90 Å². The molecule has 1 saturated heterocycles. The second-order valence-corrected chi connectivity index (χ2v) is 6.68. The maximum Gasteiger partial charge on any atom is 0.255 e. The monoisotopic (exact) mass is 347 g/mol. The van der Waals surface area contributed by atoms with Crippen LogP contribution in [-0.4, -0.2) is 71.7 Å². The lowest BCUT2D eigenvalue weighted by Crippen LogP contribution is -2.53. The molecule has 1 aliphatic carbocycles. The molecule has 1 aliphatic heterocycles. The molecule has 2 fully saturated rings. The van der Waals surface area contributed by atoms with Gasteiger partial charge in [-0.05, 0) is 37.5 Å². The second kappa shape index (κ2) is 7.84. The lowest BCUT2D eigenvalue weighted by atomic mass is 10.1. The molecular formula is C18H25N3O4. The fraction of sp³-hybridized carbons (Fsp3) is 0.556. The van der Waals surface area contributed by atoms with Gasteiger partial charge in [0.1, 0.15) is 5.75 Å². The molecule has 1 saturated carbocycles. The zero-order chi connectivity index (χ0) is 17.8. The van der Waals surface area contributed by atoms with E-state index in [0.29, 0.717) is 24.4 Å². The van der Waals surface area contributed by atoms with Crippen LogP contribution in [0.4, 0.5) is 0 Å². The average Bonchev–Trinajstić information content (AvgIpc) is 3.06. The first-order chi connectivity index (χ1) is 12.0. The summed E-state index contributed by atoms with van der Waals surface area (Å²) in [5.41, 5.74) is 5.61. The Balaban J connectivity index is 1.57. The van der Waals surface area contributed by atoms with Crippen LogP contribution in [0.25, 0.3) is 0 Å². The molecule has 3 N–H and O–H groups in total. The van der Waals surface area contributed by atoms with Gasteiger partial charge in [0.05, 0.1) is 6.10 Å². The van der Waals surface area contributed by atoms with Gasteiger partial charge in [0.2, 0.25) is 0 Å². The minimum absolute atomic E-state index is 0.0452. The van der Waals surface area contributed by atoms with Crippen LogP contribution < -0.4 is 10.5 Å². The third-order valence-corrected chi connectivity index (χ3v) is 4.98. The molecule has 136 valence electrons. The third-order valence-electron chi connectivity index (χ3n) is 4.98. The Morgan fingerprint density at radius 2 is 1.96 bits per heavy atom. The number of carbonyl (C=O) groups is 2. The highest BCUT2D eigenvalue weighted by Crippen LogP contribution is 2.25. The molecule has 2 amide bonds. The first-order valence-electron chi connectivity index (χ1n) is 8.77. The summed E-state index contributed by atoms with van der Waals surface area (Å²) < 4.78 is 5.26. The maximum absolute atomic E-state index is 12.7. The van der Waals surface area contributed by atoms with Crippen LogP contribution in [0.2, 0.25) is 0 Å². The molecule has 0 radical (unpaired) electrons. The summed E-state index contributed by atoms with van der Waals surface area (Å²) in [7, 11) is 0. The fourth-order valence-corrected chi connectivity index (χ4v) is 3.66. The van der Waals surface area contributed by atoms with Crippen molar-refractivity contribution in [1.29, 1.82) is 0 Å². The number of ether oxygens (including phenoxy) is 1. The van der Waals surface area contributed by atoms with Crippen molar-refractivity contribution in [3.05, 3.63) is 29.8 Å². The molecule has 0 bridgehead atoms. The smallest absolute Gasteiger partial charge is 0.255 e. The van der Waals surface area contributed by atoms with E-state index in [1.165, 1.54) is 0 Å². The summed E-state index contributed by atoms with van der Waals surface area (Å²) in [6.07, 6.45) is 2.75. The van der Waals surface area contributed by atoms with Crippen molar-refractivity contribution in [2.24, 2.45) is 5.73 Å². The van der Waals surface area contributed by atoms with Crippen LogP contribution in [0, 0.1) is 0 Å². The molecule has 25 heavy (non-hydrogen) atoms. The fourth-order valence-electron chi connectivity index (χ4n) is 3.66. The highest BCUT2D eigenvalue weighted by Gasteiger charge is 2.33. The van der Waals surface area contributed by atoms with E-state index < -0.39 is 5.91 Å². The van der Waals surface area contributed by atoms with Crippen LogP contribution >= 0.6 is 0 Å². The summed E-state index contributed by atoms with van der Waals surface area (Å²) in [5, 5.41) is 10.0. The summed E-state index contributed by atoms with van der Waals surface area (Å²) in [6, 6.07) is 7.04. The Morgan fingerprint density at radius 3 is 2.60 bits per heavy atom. The van der Waals surface area contributed by atoms with E-state index in [4.69, 9.17) is 10.5 Å². The summed E-state index contributed by atoms with van der Waals surface area (Å²) in [5.74, 6) is -0.143. The van der Waals surface area contributed by atoms with Crippen molar-refractivity contribution in [2.75, 3.05) is 32.8 Å². The Hall–Kier alpha value is -2.12. The zero-order valence-electron chi connectivity index (χ0n) is 14.3. The first kappa shape index (κ1) is 17.7.